The lowest BCUT2D eigenvalue weighted by atomic mass is 10.1. The van der Waals surface area contributed by atoms with Crippen LogP contribution in [0.3, 0.4) is 0 Å². The number of benzene rings is 2. The van der Waals surface area contributed by atoms with E-state index >= 15 is 0 Å². The fraction of sp³-hybridized carbons (Fsp3) is 0.125. The van der Waals surface area contributed by atoms with Gasteiger partial charge in [0.2, 0.25) is 0 Å². The molecule has 0 heterocycles. The van der Waals surface area contributed by atoms with E-state index in [1.54, 1.807) is 6.07 Å². The monoisotopic (exact) mass is 253 g/mol. The summed E-state index contributed by atoms with van der Waals surface area (Å²) in [5.41, 5.74) is 2.50. The minimum absolute atomic E-state index is 0.158. The van der Waals surface area contributed by atoms with Crippen molar-refractivity contribution >= 4 is 5.69 Å². The zero-order valence-corrected chi connectivity index (χ0v) is 10.7. The highest BCUT2D eigenvalue weighted by Gasteiger charge is 2.06. The number of nitrogens with one attached hydrogen (secondary N) is 1. The Morgan fingerprint density at radius 3 is 2.79 bits per heavy atom. The van der Waals surface area contributed by atoms with Gasteiger partial charge in [0, 0.05) is 23.4 Å². The number of terminal acetylenes is 1. The number of anilines is 1. The Bertz CT molecular complexity index is 614. The van der Waals surface area contributed by atoms with Crippen molar-refractivity contribution in [2.24, 2.45) is 0 Å². The third-order valence-corrected chi connectivity index (χ3v) is 2.81. The van der Waals surface area contributed by atoms with Gasteiger partial charge in [-0.1, -0.05) is 24.1 Å². The topological polar surface area (TPSA) is 41.5 Å². The average molecular weight is 253 g/mol. The molecule has 0 aliphatic heterocycles. The third-order valence-electron chi connectivity index (χ3n) is 2.81. The summed E-state index contributed by atoms with van der Waals surface area (Å²) in [6, 6.07) is 13.0. The van der Waals surface area contributed by atoms with E-state index < -0.39 is 0 Å². The molecule has 0 bridgehead atoms. The maximum Gasteiger partial charge on any atom is 0.162 e. The summed E-state index contributed by atoms with van der Waals surface area (Å²) in [5, 5.41) is 13.2. The number of aromatic hydroxyl groups is 1. The predicted octanol–water partition coefficient (Wildman–Crippen LogP) is 2.99. The molecule has 3 heteroatoms. The zero-order chi connectivity index (χ0) is 13.7. The maximum atomic E-state index is 9.97. The van der Waals surface area contributed by atoms with Gasteiger partial charge in [0.1, 0.15) is 0 Å². The highest BCUT2D eigenvalue weighted by Crippen LogP contribution is 2.29. The maximum absolute atomic E-state index is 9.97. The molecule has 2 aromatic rings. The summed E-state index contributed by atoms with van der Waals surface area (Å²) >= 11 is 0. The van der Waals surface area contributed by atoms with E-state index in [2.05, 4.69) is 11.2 Å². The first-order chi connectivity index (χ1) is 9.24. The van der Waals surface area contributed by atoms with Crippen LogP contribution >= 0.6 is 0 Å². The van der Waals surface area contributed by atoms with Crippen LogP contribution in [0.5, 0.6) is 11.5 Å². The van der Waals surface area contributed by atoms with Crippen LogP contribution in [0, 0.1) is 12.3 Å². The van der Waals surface area contributed by atoms with E-state index in [9.17, 15) is 5.11 Å². The molecule has 0 atom stereocenters. The normalized spacial score (nSPS) is 9.68. The molecule has 19 heavy (non-hydrogen) atoms. The fourth-order valence-corrected chi connectivity index (χ4v) is 1.79. The van der Waals surface area contributed by atoms with Crippen molar-refractivity contribution in [2.75, 3.05) is 12.4 Å². The first-order valence-electron chi connectivity index (χ1n) is 5.90. The standard InChI is InChI=1S/C16H15NO2/c1-3-12-6-4-8-14(10-12)17-11-13-7-5-9-15(19-2)16(13)18/h1,4-10,17-18H,11H2,2H3. The molecule has 0 saturated heterocycles. The van der Waals surface area contributed by atoms with Gasteiger partial charge in [0.25, 0.3) is 0 Å². The van der Waals surface area contributed by atoms with Gasteiger partial charge in [-0.2, -0.15) is 0 Å². The van der Waals surface area contributed by atoms with E-state index in [0.717, 1.165) is 16.8 Å². The molecular formula is C16H15NO2. The molecule has 0 spiro atoms. The number of hydrogen-bond acceptors (Lipinski definition) is 3. The zero-order valence-electron chi connectivity index (χ0n) is 10.7. The highest BCUT2D eigenvalue weighted by atomic mass is 16.5. The van der Waals surface area contributed by atoms with E-state index in [4.69, 9.17) is 11.2 Å². The Morgan fingerprint density at radius 1 is 1.26 bits per heavy atom. The lowest BCUT2D eigenvalue weighted by molar-refractivity contribution is 0.371. The molecule has 96 valence electrons. The SMILES string of the molecule is C#Cc1cccc(NCc2cccc(OC)c2O)c1. The second-order valence-corrected chi connectivity index (χ2v) is 4.05. The van der Waals surface area contributed by atoms with Gasteiger partial charge in [0.15, 0.2) is 11.5 Å². The molecule has 0 saturated carbocycles. The number of rotatable bonds is 4. The fourth-order valence-electron chi connectivity index (χ4n) is 1.79. The van der Waals surface area contributed by atoms with Gasteiger partial charge < -0.3 is 15.2 Å². The van der Waals surface area contributed by atoms with Gasteiger partial charge in [-0.25, -0.2) is 0 Å². The summed E-state index contributed by atoms with van der Waals surface area (Å²) in [4.78, 5) is 0. The summed E-state index contributed by atoms with van der Waals surface area (Å²) in [6.45, 7) is 0.497. The molecular weight excluding hydrogens is 238 g/mol. The van der Waals surface area contributed by atoms with E-state index in [1.807, 2.05) is 36.4 Å². The van der Waals surface area contributed by atoms with Crippen LogP contribution in [-0.2, 0) is 6.54 Å². The minimum Gasteiger partial charge on any atom is -0.504 e. The third kappa shape index (κ3) is 2.99. The summed E-state index contributed by atoms with van der Waals surface area (Å²) in [6.07, 6.45) is 5.35. The average Bonchev–Trinajstić information content (AvgIpc) is 2.46. The van der Waals surface area contributed by atoms with Crippen LogP contribution in [0.4, 0.5) is 5.69 Å². The summed E-state index contributed by atoms with van der Waals surface area (Å²) in [7, 11) is 1.53. The van der Waals surface area contributed by atoms with Crippen molar-refractivity contribution in [2.45, 2.75) is 6.54 Å². The van der Waals surface area contributed by atoms with Crippen molar-refractivity contribution in [1.82, 2.24) is 0 Å². The molecule has 0 aromatic heterocycles. The van der Waals surface area contributed by atoms with Crippen LogP contribution in [0.25, 0.3) is 0 Å². The van der Waals surface area contributed by atoms with Gasteiger partial charge in [0.05, 0.1) is 7.11 Å². The first-order valence-corrected chi connectivity index (χ1v) is 5.90. The van der Waals surface area contributed by atoms with Crippen LogP contribution < -0.4 is 10.1 Å². The van der Waals surface area contributed by atoms with Gasteiger partial charge in [-0.15, -0.1) is 6.42 Å². The van der Waals surface area contributed by atoms with Crippen molar-refractivity contribution in [3.05, 3.63) is 53.6 Å². The lowest BCUT2D eigenvalue weighted by Crippen LogP contribution is -2.00. The van der Waals surface area contributed by atoms with E-state index in [0.29, 0.717) is 12.3 Å². The molecule has 3 nitrogen and oxygen atoms in total. The second-order valence-electron chi connectivity index (χ2n) is 4.05. The Labute approximate surface area is 112 Å². The number of phenolic OH excluding ortho intramolecular Hbond substituents is 1. The molecule has 0 unspecified atom stereocenters. The van der Waals surface area contributed by atoms with Crippen molar-refractivity contribution in [3.63, 3.8) is 0 Å². The van der Waals surface area contributed by atoms with Crippen molar-refractivity contribution in [3.8, 4) is 23.8 Å². The second kappa shape index (κ2) is 5.83. The molecule has 2 aromatic carbocycles. The summed E-state index contributed by atoms with van der Waals surface area (Å²) in [5.74, 6) is 3.21. The van der Waals surface area contributed by atoms with E-state index in [1.165, 1.54) is 7.11 Å². The largest absolute Gasteiger partial charge is 0.504 e. The Hall–Kier alpha value is -2.60. The predicted molar refractivity (Wildman–Crippen MR) is 76.4 cm³/mol. The number of ether oxygens (including phenoxy) is 1. The van der Waals surface area contributed by atoms with E-state index in [-0.39, 0.29) is 5.75 Å². The number of para-hydroxylation sites is 1. The van der Waals surface area contributed by atoms with Crippen molar-refractivity contribution < 1.29 is 9.84 Å². The number of hydrogen-bond donors (Lipinski definition) is 2. The molecule has 0 aliphatic rings. The number of phenols is 1. The summed E-state index contributed by atoms with van der Waals surface area (Å²) < 4.78 is 5.07. The molecule has 2 N–H and O–H groups in total. The van der Waals surface area contributed by atoms with Gasteiger partial charge in [-0.05, 0) is 24.3 Å². The molecule has 0 radical (unpaired) electrons. The molecule has 0 fully saturated rings. The lowest BCUT2D eigenvalue weighted by Gasteiger charge is -2.10. The van der Waals surface area contributed by atoms with Crippen LogP contribution in [0.15, 0.2) is 42.5 Å². The molecule has 0 amide bonds. The highest BCUT2D eigenvalue weighted by molar-refractivity contribution is 5.52. The molecule has 0 aliphatic carbocycles. The Balaban J connectivity index is 2.12. The Morgan fingerprint density at radius 2 is 2.05 bits per heavy atom. The smallest absolute Gasteiger partial charge is 0.162 e. The minimum atomic E-state index is 0.158. The first kappa shape index (κ1) is 12.8. The van der Waals surface area contributed by atoms with Crippen molar-refractivity contribution in [1.29, 1.82) is 0 Å². The van der Waals surface area contributed by atoms with Gasteiger partial charge >= 0.3 is 0 Å². The van der Waals surface area contributed by atoms with Crippen LogP contribution in [0.1, 0.15) is 11.1 Å². The number of methoxy groups -OCH3 is 1. The Kier molecular flexibility index (Phi) is 3.94. The quantitative estimate of drug-likeness (QED) is 0.823. The van der Waals surface area contributed by atoms with Crippen LogP contribution in [0.2, 0.25) is 0 Å². The molecule has 2 rings (SSSR count). The van der Waals surface area contributed by atoms with Crippen LogP contribution in [-0.4, -0.2) is 12.2 Å². The van der Waals surface area contributed by atoms with Gasteiger partial charge in [-0.3, -0.25) is 0 Å².